The van der Waals surface area contributed by atoms with Gasteiger partial charge in [0.05, 0.1) is 25.5 Å². The molecule has 0 radical (unpaired) electrons. The quantitative estimate of drug-likeness (QED) is 0.844. The number of morpholine rings is 1. The Bertz CT molecular complexity index is 495. The van der Waals surface area contributed by atoms with E-state index in [1.807, 2.05) is 18.7 Å². The third-order valence-corrected chi connectivity index (χ3v) is 4.69. The first-order valence-corrected chi connectivity index (χ1v) is 8.15. The number of ether oxygens (including phenoxy) is 1. The van der Waals surface area contributed by atoms with E-state index < -0.39 is 0 Å². The fraction of sp³-hybridized carbons (Fsp3) is 0.750. The van der Waals surface area contributed by atoms with Gasteiger partial charge in [-0.15, -0.1) is 0 Å². The number of carbonyl (C=O) groups excluding carboxylic acids is 1. The van der Waals surface area contributed by atoms with E-state index in [0.29, 0.717) is 19.1 Å². The number of rotatable bonds is 3. The summed E-state index contributed by atoms with van der Waals surface area (Å²) >= 11 is 0. The third kappa shape index (κ3) is 3.50. The number of hydrogen-bond acceptors (Lipinski definition) is 5. The molecule has 2 aliphatic heterocycles. The lowest BCUT2D eigenvalue weighted by atomic mass is 9.95. The lowest BCUT2D eigenvalue weighted by molar-refractivity contribution is -0.141. The van der Waals surface area contributed by atoms with Crippen molar-refractivity contribution in [2.75, 3.05) is 39.4 Å². The molecule has 2 aliphatic rings. The summed E-state index contributed by atoms with van der Waals surface area (Å²) in [5.41, 5.74) is 0.965. The van der Waals surface area contributed by atoms with E-state index in [9.17, 15) is 4.79 Å². The molecule has 0 N–H and O–H groups in total. The Kier molecular flexibility index (Phi) is 4.78. The minimum absolute atomic E-state index is 0.169. The Hall–Kier alpha value is -1.40. The van der Waals surface area contributed by atoms with Crippen LogP contribution in [0.25, 0.3) is 0 Å². The molecule has 0 unspecified atom stereocenters. The Morgan fingerprint density at radius 1 is 1.18 bits per heavy atom. The molecule has 22 heavy (non-hydrogen) atoms. The van der Waals surface area contributed by atoms with Crippen LogP contribution >= 0.6 is 0 Å². The standard InChI is InChI=1S/C16H25N3O3/c1-12-13(2)22-15(17-12)11-18-5-3-14(4-6-18)16(20)19-7-9-21-10-8-19/h14H,3-11H2,1-2H3. The second-order valence-electron chi connectivity index (χ2n) is 6.24. The summed E-state index contributed by atoms with van der Waals surface area (Å²) in [5.74, 6) is 2.16. The fourth-order valence-electron chi connectivity index (χ4n) is 3.18. The van der Waals surface area contributed by atoms with Crippen LogP contribution in [0.5, 0.6) is 0 Å². The molecule has 2 fully saturated rings. The van der Waals surface area contributed by atoms with Crippen LogP contribution in [0.4, 0.5) is 0 Å². The van der Waals surface area contributed by atoms with Crippen molar-refractivity contribution in [3.63, 3.8) is 0 Å². The van der Waals surface area contributed by atoms with Crippen LogP contribution in [0.2, 0.25) is 0 Å². The molecule has 2 saturated heterocycles. The Balaban J connectivity index is 1.48. The first-order valence-electron chi connectivity index (χ1n) is 8.15. The van der Waals surface area contributed by atoms with Gasteiger partial charge < -0.3 is 14.1 Å². The van der Waals surface area contributed by atoms with Gasteiger partial charge in [0.2, 0.25) is 11.8 Å². The number of oxazole rings is 1. The number of amides is 1. The molecular formula is C16H25N3O3. The Morgan fingerprint density at radius 3 is 2.45 bits per heavy atom. The summed E-state index contributed by atoms with van der Waals surface area (Å²) in [7, 11) is 0. The van der Waals surface area contributed by atoms with Crippen LogP contribution in [-0.4, -0.2) is 60.1 Å². The number of aromatic nitrogens is 1. The van der Waals surface area contributed by atoms with Crippen molar-refractivity contribution in [1.29, 1.82) is 0 Å². The Morgan fingerprint density at radius 2 is 1.86 bits per heavy atom. The smallest absolute Gasteiger partial charge is 0.225 e. The summed E-state index contributed by atoms with van der Waals surface area (Å²) in [4.78, 5) is 21.2. The number of hydrogen-bond donors (Lipinski definition) is 0. The molecule has 1 amide bonds. The van der Waals surface area contributed by atoms with Gasteiger partial charge in [0.15, 0.2) is 0 Å². The maximum atomic E-state index is 12.5. The predicted octanol–water partition coefficient (Wildman–Crippen LogP) is 1.36. The molecule has 0 spiro atoms. The average Bonchev–Trinajstić information content (AvgIpc) is 2.86. The molecule has 0 bridgehead atoms. The van der Waals surface area contributed by atoms with Crippen LogP contribution in [0, 0.1) is 19.8 Å². The zero-order valence-corrected chi connectivity index (χ0v) is 13.5. The molecule has 6 nitrogen and oxygen atoms in total. The van der Waals surface area contributed by atoms with E-state index in [2.05, 4.69) is 9.88 Å². The van der Waals surface area contributed by atoms with Crippen LogP contribution in [0.3, 0.4) is 0 Å². The van der Waals surface area contributed by atoms with Crippen LogP contribution in [0.15, 0.2) is 4.42 Å². The molecule has 3 rings (SSSR count). The molecule has 0 aliphatic carbocycles. The van der Waals surface area contributed by atoms with Crippen molar-refractivity contribution >= 4 is 5.91 Å². The molecule has 3 heterocycles. The SMILES string of the molecule is Cc1nc(CN2CCC(C(=O)N3CCOCC3)CC2)oc1C. The molecular weight excluding hydrogens is 282 g/mol. The summed E-state index contributed by atoms with van der Waals surface area (Å²) in [6.45, 7) is 9.35. The topological polar surface area (TPSA) is 58.8 Å². The lowest BCUT2D eigenvalue weighted by Crippen LogP contribution is -2.46. The second-order valence-corrected chi connectivity index (χ2v) is 6.24. The van der Waals surface area contributed by atoms with E-state index in [0.717, 1.165) is 62.9 Å². The molecule has 1 aromatic rings. The minimum Gasteiger partial charge on any atom is -0.444 e. The average molecular weight is 307 g/mol. The first kappa shape index (κ1) is 15.5. The summed E-state index contributed by atoms with van der Waals surface area (Å²) in [6.07, 6.45) is 1.85. The molecule has 0 saturated carbocycles. The highest BCUT2D eigenvalue weighted by Crippen LogP contribution is 2.22. The summed E-state index contributed by atoms with van der Waals surface area (Å²) < 4.78 is 11.0. The maximum absolute atomic E-state index is 12.5. The highest BCUT2D eigenvalue weighted by atomic mass is 16.5. The summed E-state index contributed by atoms with van der Waals surface area (Å²) in [6, 6.07) is 0. The van der Waals surface area contributed by atoms with E-state index in [-0.39, 0.29) is 5.92 Å². The van der Waals surface area contributed by atoms with E-state index in [1.165, 1.54) is 0 Å². The van der Waals surface area contributed by atoms with Gasteiger partial charge in [0, 0.05) is 19.0 Å². The van der Waals surface area contributed by atoms with Crippen molar-refractivity contribution < 1.29 is 13.9 Å². The number of likely N-dealkylation sites (tertiary alicyclic amines) is 1. The van der Waals surface area contributed by atoms with Gasteiger partial charge in [-0.1, -0.05) is 0 Å². The molecule has 0 atom stereocenters. The third-order valence-electron chi connectivity index (χ3n) is 4.69. The number of nitrogens with zero attached hydrogens (tertiary/aromatic N) is 3. The zero-order valence-electron chi connectivity index (χ0n) is 13.5. The maximum Gasteiger partial charge on any atom is 0.225 e. The van der Waals surface area contributed by atoms with Gasteiger partial charge in [-0.25, -0.2) is 4.98 Å². The lowest BCUT2D eigenvalue weighted by Gasteiger charge is -2.35. The van der Waals surface area contributed by atoms with Crippen molar-refractivity contribution in [3.05, 3.63) is 17.3 Å². The van der Waals surface area contributed by atoms with Crippen LogP contribution in [-0.2, 0) is 16.1 Å². The molecule has 122 valence electrons. The second kappa shape index (κ2) is 6.79. The van der Waals surface area contributed by atoms with Gasteiger partial charge in [-0.3, -0.25) is 9.69 Å². The van der Waals surface area contributed by atoms with Gasteiger partial charge in [-0.05, 0) is 39.8 Å². The fourth-order valence-corrected chi connectivity index (χ4v) is 3.18. The molecule has 0 aromatic carbocycles. The van der Waals surface area contributed by atoms with E-state index in [1.54, 1.807) is 0 Å². The van der Waals surface area contributed by atoms with Crippen molar-refractivity contribution in [1.82, 2.24) is 14.8 Å². The normalized spacial score (nSPS) is 21.3. The number of piperidine rings is 1. The van der Waals surface area contributed by atoms with Crippen molar-refractivity contribution in [3.8, 4) is 0 Å². The van der Waals surface area contributed by atoms with Gasteiger partial charge in [0.1, 0.15) is 5.76 Å². The first-order chi connectivity index (χ1) is 10.6. The molecule has 6 heteroatoms. The van der Waals surface area contributed by atoms with Crippen LogP contribution in [0.1, 0.15) is 30.2 Å². The minimum atomic E-state index is 0.169. The predicted molar refractivity (Wildman–Crippen MR) is 81.4 cm³/mol. The summed E-state index contributed by atoms with van der Waals surface area (Å²) in [5, 5.41) is 0. The van der Waals surface area contributed by atoms with Crippen LogP contribution < -0.4 is 0 Å². The number of carbonyl (C=O) groups is 1. The zero-order chi connectivity index (χ0) is 15.5. The monoisotopic (exact) mass is 307 g/mol. The largest absolute Gasteiger partial charge is 0.444 e. The van der Waals surface area contributed by atoms with Crippen molar-refractivity contribution in [2.45, 2.75) is 33.2 Å². The highest BCUT2D eigenvalue weighted by Gasteiger charge is 2.29. The Labute approximate surface area is 131 Å². The van der Waals surface area contributed by atoms with Crippen molar-refractivity contribution in [2.24, 2.45) is 5.92 Å². The van der Waals surface area contributed by atoms with E-state index in [4.69, 9.17) is 9.15 Å². The van der Waals surface area contributed by atoms with E-state index >= 15 is 0 Å². The highest BCUT2D eigenvalue weighted by molar-refractivity contribution is 5.79. The van der Waals surface area contributed by atoms with Gasteiger partial charge in [-0.2, -0.15) is 0 Å². The molecule has 1 aromatic heterocycles. The van der Waals surface area contributed by atoms with Gasteiger partial charge in [0.25, 0.3) is 0 Å². The van der Waals surface area contributed by atoms with Gasteiger partial charge >= 0.3 is 0 Å². The number of aryl methyl sites for hydroxylation is 2.